The van der Waals surface area contributed by atoms with Crippen molar-refractivity contribution in [3.8, 4) is 17.6 Å². The molecule has 2 aromatic rings. The number of nitrogens with one attached hydrogen (secondary N) is 2. The van der Waals surface area contributed by atoms with Crippen molar-refractivity contribution < 1.29 is 18.7 Å². The molecule has 0 aromatic heterocycles. The zero-order valence-electron chi connectivity index (χ0n) is 14.5. The topological polar surface area (TPSA) is 70.7 Å². The molecule has 1 heterocycles. The van der Waals surface area contributed by atoms with Gasteiger partial charge >= 0.3 is 6.03 Å². The lowest BCUT2D eigenvalue weighted by Gasteiger charge is -2.13. The largest absolute Gasteiger partial charge is 0.484 e. The number of carbonyl (C=O) groups excluding carboxylic acids is 2. The van der Waals surface area contributed by atoms with Crippen molar-refractivity contribution in [2.24, 2.45) is 0 Å². The molecule has 0 radical (unpaired) electrons. The summed E-state index contributed by atoms with van der Waals surface area (Å²) in [4.78, 5) is 25.0. The minimum absolute atomic E-state index is 0.0978. The summed E-state index contributed by atoms with van der Waals surface area (Å²) in [5.41, 5.74) is 1.61. The van der Waals surface area contributed by atoms with Crippen LogP contribution in [0.5, 0.6) is 5.75 Å². The van der Waals surface area contributed by atoms with Crippen LogP contribution in [0.3, 0.4) is 0 Å². The van der Waals surface area contributed by atoms with E-state index in [-0.39, 0.29) is 30.9 Å². The van der Waals surface area contributed by atoms with Crippen molar-refractivity contribution in [2.75, 3.05) is 31.1 Å². The third-order valence-electron chi connectivity index (χ3n) is 3.83. The van der Waals surface area contributed by atoms with Crippen LogP contribution in [0, 0.1) is 17.7 Å². The van der Waals surface area contributed by atoms with E-state index < -0.39 is 0 Å². The van der Waals surface area contributed by atoms with Gasteiger partial charge in [-0.1, -0.05) is 11.8 Å². The zero-order valence-corrected chi connectivity index (χ0v) is 14.5. The number of nitrogens with zero attached hydrogens (tertiary/aromatic N) is 1. The summed E-state index contributed by atoms with van der Waals surface area (Å²) >= 11 is 0. The van der Waals surface area contributed by atoms with Gasteiger partial charge in [0, 0.05) is 24.3 Å². The molecule has 6 nitrogen and oxygen atoms in total. The van der Waals surface area contributed by atoms with Crippen LogP contribution in [-0.2, 0) is 4.79 Å². The summed E-state index contributed by atoms with van der Waals surface area (Å²) in [6.45, 7) is 1.31. The maximum Gasteiger partial charge on any atom is 0.321 e. The van der Waals surface area contributed by atoms with Crippen molar-refractivity contribution in [1.82, 2.24) is 10.6 Å². The molecular weight excluding hydrogens is 349 g/mol. The van der Waals surface area contributed by atoms with E-state index in [0.29, 0.717) is 18.8 Å². The summed E-state index contributed by atoms with van der Waals surface area (Å²) in [5, 5.41) is 5.37. The van der Waals surface area contributed by atoms with Gasteiger partial charge < -0.3 is 15.4 Å². The Balaban J connectivity index is 1.42. The average Bonchev–Trinajstić information content (AvgIpc) is 3.11. The van der Waals surface area contributed by atoms with E-state index in [9.17, 15) is 14.0 Å². The van der Waals surface area contributed by atoms with Crippen LogP contribution in [0.4, 0.5) is 14.9 Å². The molecule has 1 aliphatic heterocycles. The zero-order chi connectivity index (χ0) is 19.1. The van der Waals surface area contributed by atoms with Gasteiger partial charge in [0.1, 0.15) is 11.6 Å². The second kappa shape index (κ2) is 8.72. The van der Waals surface area contributed by atoms with Crippen LogP contribution in [0.15, 0.2) is 48.5 Å². The Labute approximate surface area is 156 Å². The molecule has 0 atom stereocenters. The van der Waals surface area contributed by atoms with Crippen LogP contribution in [0.25, 0.3) is 0 Å². The van der Waals surface area contributed by atoms with Crippen molar-refractivity contribution >= 4 is 17.6 Å². The molecule has 3 rings (SSSR count). The summed E-state index contributed by atoms with van der Waals surface area (Å²) < 4.78 is 18.0. The predicted octanol–water partition coefficient (Wildman–Crippen LogP) is 1.90. The number of hydrogen-bond acceptors (Lipinski definition) is 3. The van der Waals surface area contributed by atoms with Crippen molar-refractivity contribution in [3.63, 3.8) is 0 Å². The Morgan fingerprint density at radius 1 is 1.19 bits per heavy atom. The highest BCUT2D eigenvalue weighted by Gasteiger charge is 2.20. The molecule has 27 heavy (non-hydrogen) atoms. The fourth-order valence-electron chi connectivity index (χ4n) is 2.46. The van der Waals surface area contributed by atoms with Gasteiger partial charge in [-0.15, -0.1) is 0 Å². The lowest BCUT2D eigenvalue weighted by Crippen LogP contribution is -2.29. The second-order valence-electron chi connectivity index (χ2n) is 5.75. The van der Waals surface area contributed by atoms with E-state index in [4.69, 9.17) is 4.74 Å². The van der Waals surface area contributed by atoms with E-state index >= 15 is 0 Å². The minimum atomic E-state index is -0.362. The lowest BCUT2D eigenvalue weighted by molar-refractivity contribution is -0.122. The Bertz CT molecular complexity index is 870. The fraction of sp³-hybridized carbons (Fsp3) is 0.200. The van der Waals surface area contributed by atoms with Gasteiger partial charge in [0.15, 0.2) is 6.61 Å². The van der Waals surface area contributed by atoms with Crippen LogP contribution >= 0.6 is 0 Å². The summed E-state index contributed by atoms with van der Waals surface area (Å²) in [5.74, 6) is 5.54. The third kappa shape index (κ3) is 5.22. The first-order valence-corrected chi connectivity index (χ1v) is 8.41. The molecule has 0 bridgehead atoms. The first-order valence-electron chi connectivity index (χ1n) is 8.41. The Hall–Kier alpha value is -3.53. The number of halogens is 1. The van der Waals surface area contributed by atoms with Gasteiger partial charge in [-0.05, 0) is 48.5 Å². The first-order chi connectivity index (χ1) is 13.1. The van der Waals surface area contributed by atoms with Crippen molar-refractivity contribution in [2.45, 2.75) is 0 Å². The molecule has 138 valence electrons. The van der Waals surface area contributed by atoms with E-state index in [1.807, 2.05) is 24.3 Å². The number of urea groups is 1. The van der Waals surface area contributed by atoms with Crippen LogP contribution < -0.4 is 20.3 Å². The molecule has 2 aromatic carbocycles. The number of carbonyl (C=O) groups is 2. The van der Waals surface area contributed by atoms with Crippen molar-refractivity contribution in [3.05, 3.63) is 59.9 Å². The number of anilines is 1. The minimum Gasteiger partial charge on any atom is -0.484 e. The van der Waals surface area contributed by atoms with Gasteiger partial charge in [-0.3, -0.25) is 9.69 Å². The molecule has 0 unspecified atom stereocenters. The number of ether oxygens (including phenoxy) is 1. The number of benzene rings is 2. The standard InChI is InChI=1S/C20H18FN3O3/c21-16-5-9-18(10-6-16)27-14-19(25)22-11-1-2-15-3-7-17(8-4-15)24-13-12-23-20(24)26/h3-10H,11-14H2,(H,22,25)(H,23,26). The maximum absolute atomic E-state index is 12.8. The normalized spacial score (nSPS) is 12.8. The molecule has 2 N–H and O–H groups in total. The van der Waals surface area contributed by atoms with Crippen molar-refractivity contribution in [1.29, 1.82) is 0 Å². The van der Waals surface area contributed by atoms with Gasteiger partial charge in [0.25, 0.3) is 5.91 Å². The summed E-state index contributed by atoms with van der Waals surface area (Å²) in [7, 11) is 0. The highest BCUT2D eigenvalue weighted by atomic mass is 19.1. The molecule has 0 aliphatic carbocycles. The van der Waals surface area contributed by atoms with Gasteiger partial charge in [-0.2, -0.15) is 0 Å². The maximum atomic E-state index is 12.8. The Kier molecular flexibility index (Phi) is 5.90. The van der Waals surface area contributed by atoms with Crippen LogP contribution in [-0.4, -0.2) is 38.2 Å². The SMILES string of the molecule is O=C(COc1ccc(F)cc1)NCC#Cc1ccc(N2CCNC2=O)cc1. The third-order valence-corrected chi connectivity index (χ3v) is 3.83. The average molecular weight is 367 g/mol. The highest BCUT2D eigenvalue weighted by Crippen LogP contribution is 2.16. The first kappa shape index (κ1) is 18.3. The molecular formula is C20H18FN3O3. The Morgan fingerprint density at radius 2 is 1.93 bits per heavy atom. The van der Waals surface area contributed by atoms with Gasteiger partial charge in [0.05, 0.1) is 6.54 Å². The number of rotatable bonds is 5. The predicted molar refractivity (Wildman–Crippen MR) is 99.0 cm³/mol. The van der Waals surface area contributed by atoms with E-state index in [1.54, 1.807) is 4.90 Å². The summed E-state index contributed by atoms with van der Waals surface area (Å²) in [6.07, 6.45) is 0. The molecule has 1 saturated heterocycles. The second-order valence-corrected chi connectivity index (χ2v) is 5.75. The molecule has 3 amide bonds. The molecule has 0 spiro atoms. The molecule has 0 saturated carbocycles. The van der Waals surface area contributed by atoms with Crippen LogP contribution in [0.1, 0.15) is 5.56 Å². The molecule has 1 fully saturated rings. The molecule has 7 heteroatoms. The Morgan fingerprint density at radius 3 is 2.59 bits per heavy atom. The van der Waals surface area contributed by atoms with Gasteiger partial charge in [0.2, 0.25) is 0 Å². The summed E-state index contributed by atoms with van der Waals surface area (Å²) in [6, 6.07) is 12.7. The number of hydrogen-bond donors (Lipinski definition) is 2. The monoisotopic (exact) mass is 367 g/mol. The quantitative estimate of drug-likeness (QED) is 0.793. The van der Waals surface area contributed by atoms with E-state index in [2.05, 4.69) is 22.5 Å². The molecule has 1 aliphatic rings. The highest BCUT2D eigenvalue weighted by molar-refractivity contribution is 5.94. The van der Waals surface area contributed by atoms with E-state index in [0.717, 1.165) is 11.3 Å². The van der Waals surface area contributed by atoms with Gasteiger partial charge in [-0.25, -0.2) is 9.18 Å². The number of amides is 3. The smallest absolute Gasteiger partial charge is 0.321 e. The van der Waals surface area contributed by atoms with Crippen LogP contribution in [0.2, 0.25) is 0 Å². The lowest BCUT2D eigenvalue weighted by atomic mass is 10.2. The fourth-order valence-corrected chi connectivity index (χ4v) is 2.46. The van der Waals surface area contributed by atoms with E-state index in [1.165, 1.54) is 24.3 Å².